The van der Waals surface area contributed by atoms with E-state index in [-0.39, 0.29) is 44.5 Å². The fraction of sp³-hybridized carbons (Fsp3) is 0.316. The van der Waals surface area contributed by atoms with E-state index in [0.717, 1.165) is 22.0 Å². The van der Waals surface area contributed by atoms with Crippen LogP contribution in [-0.4, -0.2) is 39.0 Å². The molecule has 0 atom stereocenters. The first-order valence-electron chi connectivity index (χ1n) is 9.20. The molecule has 0 bridgehead atoms. The third kappa shape index (κ3) is 4.24. The molecule has 0 unspecified atom stereocenters. The van der Waals surface area contributed by atoms with Gasteiger partial charge in [-0.25, -0.2) is 23.1 Å². The topological polar surface area (TPSA) is 129 Å². The fourth-order valence-corrected chi connectivity index (χ4v) is 3.99. The van der Waals surface area contributed by atoms with E-state index in [9.17, 15) is 23.2 Å². The lowest BCUT2D eigenvalue weighted by atomic mass is 10.1. The Kier molecular flexibility index (Phi) is 6.29. The number of esters is 1. The molecule has 9 nitrogen and oxygen atoms in total. The second kappa shape index (κ2) is 8.76. The van der Waals surface area contributed by atoms with Gasteiger partial charge in [0.25, 0.3) is 18.2 Å². The summed E-state index contributed by atoms with van der Waals surface area (Å²) in [6, 6.07) is 1.18. The van der Waals surface area contributed by atoms with Gasteiger partial charge >= 0.3 is 5.97 Å². The molecule has 3 aromatic rings. The number of rotatable bonds is 7. The molecule has 164 valence electrons. The van der Waals surface area contributed by atoms with Crippen molar-refractivity contribution in [3.8, 4) is 0 Å². The highest BCUT2D eigenvalue weighted by Crippen LogP contribution is 2.34. The van der Waals surface area contributed by atoms with Crippen molar-refractivity contribution in [3.05, 3.63) is 45.2 Å². The molecular weight excluding hydrogens is 432 g/mol. The number of halogens is 2. The number of fused-ring (bicyclic) bond motifs is 1. The van der Waals surface area contributed by atoms with Crippen molar-refractivity contribution in [1.29, 1.82) is 0 Å². The summed E-state index contributed by atoms with van der Waals surface area (Å²) in [6.45, 7) is 5.01. The maximum absolute atomic E-state index is 13.3. The van der Waals surface area contributed by atoms with Crippen LogP contribution in [0.25, 0.3) is 5.65 Å². The van der Waals surface area contributed by atoms with Gasteiger partial charge in [0.15, 0.2) is 5.65 Å². The number of hydrogen-bond acceptors (Lipinski definition) is 7. The van der Waals surface area contributed by atoms with Crippen molar-refractivity contribution in [2.75, 3.05) is 11.9 Å². The number of thiophene rings is 1. The zero-order valence-electron chi connectivity index (χ0n) is 16.9. The molecule has 0 saturated carbocycles. The fourth-order valence-electron chi connectivity index (χ4n) is 2.95. The van der Waals surface area contributed by atoms with Gasteiger partial charge in [-0.2, -0.15) is 5.10 Å². The monoisotopic (exact) mass is 451 g/mol. The molecule has 3 rings (SSSR count). The minimum atomic E-state index is -2.82. The lowest BCUT2D eigenvalue weighted by molar-refractivity contribution is 0.0506. The molecule has 0 aliphatic rings. The number of ether oxygens (including phenoxy) is 1. The van der Waals surface area contributed by atoms with Crippen molar-refractivity contribution in [2.45, 2.75) is 33.6 Å². The van der Waals surface area contributed by atoms with Crippen LogP contribution in [0.15, 0.2) is 12.3 Å². The highest BCUT2D eigenvalue weighted by Gasteiger charge is 2.27. The van der Waals surface area contributed by atoms with Crippen LogP contribution in [0.5, 0.6) is 0 Å². The van der Waals surface area contributed by atoms with E-state index in [0.29, 0.717) is 6.42 Å². The molecule has 0 aliphatic heterocycles. The summed E-state index contributed by atoms with van der Waals surface area (Å²) in [4.78, 5) is 41.4. The number of hydrogen-bond donors (Lipinski definition) is 2. The van der Waals surface area contributed by atoms with Gasteiger partial charge in [-0.1, -0.05) is 6.92 Å². The average molecular weight is 451 g/mol. The van der Waals surface area contributed by atoms with Crippen molar-refractivity contribution in [3.63, 3.8) is 0 Å². The number of anilines is 1. The largest absolute Gasteiger partial charge is 0.462 e. The molecule has 0 fully saturated rings. The molecule has 3 N–H and O–H groups in total. The standard InChI is InChI=1S/C19H19F2N5O4S/c1-4-5-30-19(29)12-9(3)13(15(22)27)31-18(12)25-17(28)10-7-23-26-11(14(20)21)6-8(2)24-16(10)26/h6-7,14H,4-5H2,1-3H3,(H2,22,27)(H,25,28). The van der Waals surface area contributed by atoms with Crippen LogP contribution in [0.4, 0.5) is 13.8 Å². The quantitative estimate of drug-likeness (QED) is 0.531. The van der Waals surface area contributed by atoms with E-state index >= 15 is 0 Å². The third-order valence-electron chi connectivity index (χ3n) is 4.33. The van der Waals surface area contributed by atoms with E-state index in [1.165, 1.54) is 19.9 Å². The van der Waals surface area contributed by atoms with E-state index in [4.69, 9.17) is 10.5 Å². The Morgan fingerprint density at radius 3 is 2.65 bits per heavy atom. The van der Waals surface area contributed by atoms with Crippen molar-refractivity contribution in [1.82, 2.24) is 14.6 Å². The molecule has 0 aliphatic carbocycles. The van der Waals surface area contributed by atoms with Crippen LogP contribution >= 0.6 is 11.3 Å². The van der Waals surface area contributed by atoms with Crippen molar-refractivity contribution < 1.29 is 27.9 Å². The zero-order chi connectivity index (χ0) is 22.9. The summed E-state index contributed by atoms with van der Waals surface area (Å²) in [7, 11) is 0. The van der Waals surface area contributed by atoms with Crippen LogP contribution < -0.4 is 11.1 Å². The number of primary amides is 1. The molecule has 0 spiro atoms. The van der Waals surface area contributed by atoms with Gasteiger partial charge in [0, 0.05) is 5.69 Å². The summed E-state index contributed by atoms with van der Waals surface area (Å²) in [5.41, 5.74) is 5.39. The van der Waals surface area contributed by atoms with Gasteiger partial charge in [0.2, 0.25) is 0 Å². The Morgan fingerprint density at radius 1 is 1.32 bits per heavy atom. The number of amides is 2. The lowest BCUT2D eigenvalue weighted by Crippen LogP contribution is -2.16. The summed E-state index contributed by atoms with van der Waals surface area (Å²) < 4.78 is 32.7. The molecule has 3 heterocycles. The van der Waals surface area contributed by atoms with Crippen LogP contribution in [0.2, 0.25) is 0 Å². The number of aromatic nitrogens is 3. The Bertz CT molecular complexity index is 1190. The Balaban J connectivity index is 2.03. The van der Waals surface area contributed by atoms with Crippen molar-refractivity contribution >= 4 is 39.8 Å². The number of nitrogens with zero attached hydrogens (tertiary/aromatic N) is 3. The molecule has 12 heteroatoms. The summed E-state index contributed by atoms with van der Waals surface area (Å²) in [5.74, 6) is -2.22. The number of nitrogens with one attached hydrogen (secondary N) is 1. The minimum Gasteiger partial charge on any atom is -0.462 e. The molecule has 0 aromatic carbocycles. The zero-order valence-corrected chi connectivity index (χ0v) is 17.7. The molecular formula is C19H19F2N5O4S. The maximum Gasteiger partial charge on any atom is 0.341 e. The third-order valence-corrected chi connectivity index (χ3v) is 5.56. The van der Waals surface area contributed by atoms with Gasteiger partial charge in [-0.3, -0.25) is 9.59 Å². The first-order chi connectivity index (χ1) is 14.6. The number of carbonyl (C=O) groups excluding carboxylic acids is 3. The van der Waals surface area contributed by atoms with Gasteiger partial charge in [0.05, 0.1) is 23.2 Å². The lowest BCUT2D eigenvalue weighted by Gasteiger charge is -2.08. The molecule has 3 aromatic heterocycles. The highest BCUT2D eigenvalue weighted by atomic mass is 32.1. The Labute approximate surface area is 179 Å². The molecule has 2 amide bonds. The number of alkyl halides is 2. The summed E-state index contributed by atoms with van der Waals surface area (Å²) in [6.07, 6.45) is -1.13. The minimum absolute atomic E-state index is 0.00878. The van der Waals surface area contributed by atoms with E-state index in [1.54, 1.807) is 0 Å². The number of aryl methyl sites for hydroxylation is 1. The molecule has 0 radical (unpaired) electrons. The first kappa shape index (κ1) is 22.3. The van der Waals surface area contributed by atoms with Crippen LogP contribution in [-0.2, 0) is 4.74 Å². The number of carbonyl (C=O) groups is 3. The van der Waals surface area contributed by atoms with Gasteiger partial charge in [0.1, 0.15) is 16.3 Å². The van der Waals surface area contributed by atoms with Gasteiger partial charge in [-0.15, -0.1) is 11.3 Å². The molecule has 31 heavy (non-hydrogen) atoms. The van der Waals surface area contributed by atoms with E-state index < -0.39 is 29.9 Å². The van der Waals surface area contributed by atoms with E-state index in [1.807, 2.05) is 6.92 Å². The highest BCUT2D eigenvalue weighted by molar-refractivity contribution is 7.18. The van der Waals surface area contributed by atoms with E-state index in [2.05, 4.69) is 15.4 Å². The average Bonchev–Trinajstić information content (AvgIpc) is 3.26. The first-order valence-corrected chi connectivity index (χ1v) is 10.0. The van der Waals surface area contributed by atoms with Gasteiger partial charge in [-0.05, 0) is 31.9 Å². The van der Waals surface area contributed by atoms with Crippen LogP contribution in [0, 0.1) is 13.8 Å². The second-order valence-corrected chi connectivity index (χ2v) is 7.65. The predicted octanol–water partition coefficient (Wildman–Crippen LogP) is 3.26. The predicted molar refractivity (Wildman–Crippen MR) is 109 cm³/mol. The van der Waals surface area contributed by atoms with Crippen LogP contribution in [0.3, 0.4) is 0 Å². The maximum atomic E-state index is 13.3. The Morgan fingerprint density at radius 2 is 2.03 bits per heavy atom. The normalized spacial score (nSPS) is 11.2. The summed E-state index contributed by atoms with van der Waals surface area (Å²) >= 11 is 0.823. The summed E-state index contributed by atoms with van der Waals surface area (Å²) in [5, 5.41) is 6.43. The number of nitrogens with two attached hydrogens (primary N) is 1. The second-order valence-electron chi connectivity index (χ2n) is 6.63. The van der Waals surface area contributed by atoms with Crippen LogP contribution in [0.1, 0.15) is 67.1 Å². The Hall–Kier alpha value is -3.41. The van der Waals surface area contributed by atoms with Gasteiger partial charge < -0.3 is 15.8 Å². The smallest absolute Gasteiger partial charge is 0.341 e. The molecule has 0 saturated heterocycles. The SMILES string of the molecule is CCCOC(=O)c1c(NC(=O)c2cnn3c(C(F)F)cc(C)nc23)sc(C(N)=O)c1C. The van der Waals surface area contributed by atoms with Crippen molar-refractivity contribution in [2.24, 2.45) is 5.73 Å².